The minimum atomic E-state index is -3.38. The van der Waals surface area contributed by atoms with Crippen molar-refractivity contribution in [2.24, 2.45) is 0 Å². The average molecular weight is 408 g/mol. The molecule has 6 heteroatoms. The second-order valence-electron chi connectivity index (χ2n) is 7.63. The van der Waals surface area contributed by atoms with Crippen molar-refractivity contribution in [1.82, 2.24) is 0 Å². The Morgan fingerprint density at radius 3 is 1.72 bits per heavy atom. The van der Waals surface area contributed by atoms with Crippen molar-refractivity contribution in [2.75, 3.05) is 24.7 Å². The van der Waals surface area contributed by atoms with Gasteiger partial charge in [-0.05, 0) is 58.7 Å². The van der Waals surface area contributed by atoms with Crippen molar-refractivity contribution in [3.63, 3.8) is 0 Å². The molecule has 5 nitrogen and oxygen atoms in total. The molecule has 0 unspecified atom stereocenters. The highest BCUT2D eigenvalue weighted by Gasteiger charge is 2.31. The van der Waals surface area contributed by atoms with E-state index in [1.54, 1.807) is 12.2 Å². The summed E-state index contributed by atoms with van der Waals surface area (Å²) in [6.45, 7) is 1.31. The highest BCUT2D eigenvalue weighted by Crippen LogP contribution is 2.30. The summed E-state index contributed by atoms with van der Waals surface area (Å²) in [5.74, 6) is 1.06. The summed E-state index contributed by atoms with van der Waals surface area (Å²) >= 11 is 0. The van der Waals surface area contributed by atoms with Crippen LogP contribution in [0.2, 0.25) is 0 Å². The predicted molar refractivity (Wildman–Crippen MR) is 111 cm³/mol. The molecule has 0 atom stereocenters. The highest BCUT2D eigenvalue weighted by molar-refractivity contribution is 7.92. The molecule has 0 bridgehead atoms. The summed E-state index contributed by atoms with van der Waals surface area (Å²) in [5, 5.41) is 0. The van der Waals surface area contributed by atoms with Gasteiger partial charge in [0.1, 0.15) is 11.5 Å². The Hall–Kier alpha value is -2.86. The van der Waals surface area contributed by atoms with Crippen molar-refractivity contribution in [3.05, 3.63) is 69.8 Å². The number of Topliss-reactive ketones (excluding diaryl/α,β-unsaturated/α-hetero) is 1. The third-order valence-electron chi connectivity index (χ3n) is 5.44. The number of carbonyl (C=O) groups excluding carboxylic acids is 1. The van der Waals surface area contributed by atoms with E-state index in [1.807, 2.05) is 36.4 Å². The lowest BCUT2D eigenvalue weighted by Gasteiger charge is -2.17. The normalized spacial score (nSPS) is 22.3. The molecule has 2 aromatic carbocycles. The summed E-state index contributed by atoms with van der Waals surface area (Å²) in [4.78, 5) is 13.0. The highest BCUT2D eigenvalue weighted by atomic mass is 32.2. The first-order valence-electron chi connectivity index (χ1n) is 9.65. The molecule has 29 heavy (non-hydrogen) atoms. The standard InChI is InChI=1S/C23H20O5S/c24-23-19(11-15-1-3-21-17(9-15)5-7-27-21)13-29(25,26)14-20(23)12-16-2-4-22-18(10-16)6-8-28-22/h1-4,9-12H,5-8,13-14H2. The molecule has 0 radical (unpaired) electrons. The van der Waals surface area contributed by atoms with Crippen LogP contribution in [0.4, 0.5) is 0 Å². The lowest BCUT2D eigenvalue weighted by atomic mass is 9.99. The van der Waals surface area contributed by atoms with E-state index in [4.69, 9.17) is 9.47 Å². The van der Waals surface area contributed by atoms with Crippen LogP contribution in [-0.2, 0) is 27.5 Å². The van der Waals surface area contributed by atoms with E-state index in [-0.39, 0.29) is 17.3 Å². The first-order valence-corrected chi connectivity index (χ1v) is 11.5. The third kappa shape index (κ3) is 3.60. The van der Waals surface area contributed by atoms with E-state index >= 15 is 0 Å². The van der Waals surface area contributed by atoms with Crippen molar-refractivity contribution in [1.29, 1.82) is 0 Å². The Kier molecular flexibility index (Phi) is 4.32. The maximum atomic E-state index is 13.0. The molecule has 0 spiro atoms. The monoisotopic (exact) mass is 408 g/mol. The maximum Gasteiger partial charge on any atom is 0.187 e. The van der Waals surface area contributed by atoms with E-state index in [0.29, 0.717) is 24.4 Å². The molecule has 0 saturated carbocycles. The summed E-state index contributed by atoms with van der Waals surface area (Å²) in [6.07, 6.45) is 5.04. The van der Waals surface area contributed by atoms with E-state index in [0.717, 1.165) is 46.6 Å². The summed E-state index contributed by atoms with van der Waals surface area (Å²) in [5.41, 5.74) is 4.44. The zero-order valence-electron chi connectivity index (χ0n) is 15.8. The van der Waals surface area contributed by atoms with Crippen LogP contribution in [0.15, 0.2) is 47.5 Å². The molecule has 3 aliphatic rings. The van der Waals surface area contributed by atoms with Gasteiger partial charge in [0.2, 0.25) is 0 Å². The molecule has 0 aliphatic carbocycles. The Morgan fingerprint density at radius 1 is 0.759 bits per heavy atom. The molecule has 148 valence electrons. The van der Waals surface area contributed by atoms with Crippen LogP contribution < -0.4 is 9.47 Å². The van der Waals surface area contributed by atoms with Crippen molar-refractivity contribution in [2.45, 2.75) is 12.8 Å². The van der Waals surface area contributed by atoms with Gasteiger partial charge in [-0.3, -0.25) is 4.79 Å². The number of carbonyl (C=O) groups is 1. The average Bonchev–Trinajstić information content (AvgIpc) is 3.33. The van der Waals surface area contributed by atoms with Crippen LogP contribution in [0.5, 0.6) is 11.5 Å². The van der Waals surface area contributed by atoms with Gasteiger partial charge in [-0.1, -0.05) is 12.1 Å². The van der Waals surface area contributed by atoms with Crippen molar-refractivity contribution >= 4 is 27.8 Å². The van der Waals surface area contributed by atoms with E-state index in [2.05, 4.69) is 0 Å². The van der Waals surface area contributed by atoms with Gasteiger partial charge in [-0.2, -0.15) is 0 Å². The largest absolute Gasteiger partial charge is 0.493 e. The van der Waals surface area contributed by atoms with Gasteiger partial charge in [0, 0.05) is 24.0 Å². The van der Waals surface area contributed by atoms with Gasteiger partial charge in [0.25, 0.3) is 0 Å². The summed E-state index contributed by atoms with van der Waals surface area (Å²) in [6, 6.07) is 11.4. The molecule has 0 N–H and O–H groups in total. The molecule has 2 aromatic rings. The maximum absolute atomic E-state index is 13.0. The lowest BCUT2D eigenvalue weighted by molar-refractivity contribution is -0.112. The van der Waals surface area contributed by atoms with Crippen LogP contribution in [0.1, 0.15) is 22.3 Å². The molecule has 3 aliphatic heterocycles. The second-order valence-corrected chi connectivity index (χ2v) is 9.70. The molecule has 5 rings (SSSR count). The molecule has 1 fully saturated rings. The SMILES string of the molecule is O=C1C(=Cc2ccc3c(c2)CCO3)CS(=O)(=O)CC1=Cc1ccc2c(c1)CCO2. The van der Waals surface area contributed by atoms with Gasteiger partial charge < -0.3 is 9.47 Å². The molecule has 1 saturated heterocycles. The second kappa shape index (κ2) is 6.88. The number of ether oxygens (including phenoxy) is 2. The van der Waals surface area contributed by atoms with Crippen molar-refractivity contribution < 1.29 is 22.7 Å². The van der Waals surface area contributed by atoms with Crippen LogP contribution in [0, 0.1) is 0 Å². The number of benzene rings is 2. The fourth-order valence-corrected chi connectivity index (χ4v) is 5.55. The number of rotatable bonds is 2. The molecular formula is C23H20O5S. The third-order valence-corrected chi connectivity index (χ3v) is 6.94. The fourth-order valence-electron chi connectivity index (χ4n) is 4.07. The Bertz CT molecular complexity index is 1100. The van der Waals surface area contributed by atoms with Gasteiger partial charge >= 0.3 is 0 Å². The molecule has 0 aromatic heterocycles. The Labute approximate surface area is 169 Å². The number of fused-ring (bicyclic) bond motifs is 2. The van der Waals surface area contributed by atoms with Gasteiger partial charge in [-0.15, -0.1) is 0 Å². The van der Waals surface area contributed by atoms with Gasteiger partial charge in [0.15, 0.2) is 15.6 Å². The van der Waals surface area contributed by atoms with Crippen LogP contribution >= 0.6 is 0 Å². The fraction of sp³-hybridized carbons (Fsp3) is 0.261. The van der Waals surface area contributed by atoms with E-state index in [1.165, 1.54) is 0 Å². The first-order chi connectivity index (χ1) is 14.0. The zero-order chi connectivity index (χ0) is 20.0. The van der Waals surface area contributed by atoms with Crippen LogP contribution in [0.25, 0.3) is 12.2 Å². The summed E-state index contributed by atoms with van der Waals surface area (Å²) in [7, 11) is -3.38. The number of hydrogen-bond acceptors (Lipinski definition) is 5. The first kappa shape index (κ1) is 18.2. The smallest absolute Gasteiger partial charge is 0.187 e. The van der Waals surface area contributed by atoms with E-state index in [9.17, 15) is 13.2 Å². The Balaban J connectivity index is 1.50. The minimum absolute atomic E-state index is 0.201. The van der Waals surface area contributed by atoms with Crippen LogP contribution in [0.3, 0.4) is 0 Å². The quantitative estimate of drug-likeness (QED) is 0.715. The molecule has 3 heterocycles. The molecular weight excluding hydrogens is 388 g/mol. The molecule has 0 amide bonds. The van der Waals surface area contributed by atoms with Crippen molar-refractivity contribution in [3.8, 4) is 11.5 Å². The topological polar surface area (TPSA) is 69.7 Å². The van der Waals surface area contributed by atoms with Gasteiger partial charge in [-0.25, -0.2) is 8.42 Å². The van der Waals surface area contributed by atoms with Crippen LogP contribution in [-0.4, -0.2) is 38.9 Å². The predicted octanol–water partition coefficient (Wildman–Crippen LogP) is 3.02. The summed E-state index contributed by atoms with van der Waals surface area (Å²) < 4.78 is 36.0. The zero-order valence-corrected chi connectivity index (χ0v) is 16.6. The number of sulfone groups is 1. The van der Waals surface area contributed by atoms with Gasteiger partial charge in [0.05, 0.1) is 24.7 Å². The number of ketones is 1. The lowest BCUT2D eigenvalue weighted by Crippen LogP contribution is -2.28. The van der Waals surface area contributed by atoms with E-state index < -0.39 is 9.84 Å². The number of hydrogen-bond donors (Lipinski definition) is 0. The minimum Gasteiger partial charge on any atom is -0.493 e. The Morgan fingerprint density at radius 2 is 1.24 bits per heavy atom.